The van der Waals surface area contributed by atoms with Crippen molar-refractivity contribution in [2.75, 3.05) is 5.73 Å². The first-order chi connectivity index (χ1) is 20.0. The lowest BCUT2D eigenvalue weighted by atomic mass is 9.86. The van der Waals surface area contributed by atoms with E-state index in [1.165, 1.54) is 12.3 Å². The molecule has 9 nitrogen and oxygen atoms in total. The molecular formula is C32H32FN7O2. The van der Waals surface area contributed by atoms with E-state index in [2.05, 4.69) is 15.3 Å². The number of aliphatic hydroxyl groups is 1. The number of H-pyrrole nitrogens is 1. The zero-order chi connectivity index (χ0) is 29.9. The van der Waals surface area contributed by atoms with Crippen LogP contribution in [-0.4, -0.2) is 34.9 Å². The fourth-order valence-electron chi connectivity index (χ4n) is 5.32. The minimum atomic E-state index is -0.605. The van der Waals surface area contributed by atoms with Crippen LogP contribution in [0.15, 0.2) is 65.7 Å². The number of aromatic amines is 1. The summed E-state index contributed by atoms with van der Waals surface area (Å²) in [4.78, 5) is 13.6. The molecule has 42 heavy (non-hydrogen) atoms. The van der Waals surface area contributed by atoms with Gasteiger partial charge in [0.2, 0.25) is 0 Å². The van der Waals surface area contributed by atoms with Crippen molar-refractivity contribution < 1.29 is 9.50 Å². The number of anilines is 1. The van der Waals surface area contributed by atoms with E-state index in [0.717, 1.165) is 32.6 Å². The topological polar surface area (TPSA) is 128 Å². The van der Waals surface area contributed by atoms with Crippen molar-refractivity contribution in [2.45, 2.75) is 52.7 Å². The molecule has 6 rings (SSSR count). The number of nitrogens with two attached hydrogens (primary N) is 1. The lowest BCUT2D eigenvalue weighted by molar-refractivity contribution is 0.282. The van der Waals surface area contributed by atoms with Crippen LogP contribution in [-0.2, 0) is 12.0 Å². The van der Waals surface area contributed by atoms with Gasteiger partial charge in [-0.05, 0) is 72.4 Å². The average molecular weight is 566 g/mol. The van der Waals surface area contributed by atoms with Crippen LogP contribution in [0.5, 0.6) is 0 Å². The smallest absolute Gasteiger partial charge is 0.282 e. The summed E-state index contributed by atoms with van der Waals surface area (Å²) in [6.45, 7) is 9.66. The Kier molecular flexibility index (Phi) is 6.46. The Balaban J connectivity index is 1.55. The van der Waals surface area contributed by atoms with Gasteiger partial charge in [0, 0.05) is 34.1 Å². The van der Waals surface area contributed by atoms with Gasteiger partial charge in [-0.25, -0.2) is 4.39 Å². The first-order valence-electron chi connectivity index (χ1n) is 13.8. The van der Waals surface area contributed by atoms with Crippen molar-refractivity contribution in [1.29, 1.82) is 0 Å². The van der Waals surface area contributed by atoms with Gasteiger partial charge in [-0.15, -0.1) is 0 Å². The molecular weight excluding hydrogens is 533 g/mol. The van der Waals surface area contributed by atoms with Gasteiger partial charge in [-0.2, -0.15) is 20.0 Å². The normalized spacial score (nSPS) is 12.2. The van der Waals surface area contributed by atoms with Crippen LogP contribution in [0, 0.1) is 5.82 Å². The molecule has 10 heteroatoms. The van der Waals surface area contributed by atoms with Gasteiger partial charge in [0.05, 0.1) is 35.1 Å². The van der Waals surface area contributed by atoms with Crippen LogP contribution in [0.25, 0.3) is 49.7 Å². The van der Waals surface area contributed by atoms with Gasteiger partial charge in [0.25, 0.3) is 5.56 Å². The molecule has 3 aromatic heterocycles. The largest absolute Gasteiger partial charge is 0.392 e. The number of nitrogen functional groups attached to an aromatic ring is 1. The van der Waals surface area contributed by atoms with E-state index in [-0.39, 0.29) is 23.4 Å². The molecule has 0 radical (unpaired) electrons. The molecule has 0 aliphatic heterocycles. The maximum Gasteiger partial charge on any atom is 0.282 e. The number of nitrogens with zero attached hydrogens (tertiary/aromatic N) is 5. The lowest BCUT2D eigenvalue weighted by Gasteiger charge is -2.20. The van der Waals surface area contributed by atoms with Crippen molar-refractivity contribution in [3.8, 4) is 28.1 Å². The Morgan fingerprint density at radius 1 is 1.10 bits per heavy atom. The van der Waals surface area contributed by atoms with Gasteiger partial charge in [-0.3, -0.25) is 14.6 Å². The summed E-state index contributed by atoms with van der Waals surface area (Å²) >= 11 is 0. The Morgan fingerprint density at radius 2 is 1.88 bits per heavy atom. The third-order valence-electron chi connectivity index (χ3n) is 7.67. The van der Waals surface area contributed by atoms with E-state index in [9.17, 15) is 9.90 Å². The molecule has 0 aliphatic carbocycles. The number of rotatable bonds is 5. The molecule has 3 heterocycles. The number of benzene rings is 3. The highest BCUT2D eigenvalue weighted by Crippen LogP contribution is 2.37. The van der Waals surface area contributed by atoms with Gasteiger partial charge in [0.1, 0.15) is 5.82 Å². The molecule has 0 bridgehead atoms. The van der Waals surface area contributed by atoms with Gasteiger partial charge < -0.3 is 10.8 Å². The number of aromatic nitrogens is 6. The molecule has 4 N–H and O–H groups in total. The summed E-state index contributed by atoms with van der Waals surface area (Å²) in [7, 11) is 0. The fourth-order valence-corrected chi connectivity index (χ4v) is 5.32. The number of aliphatic hydroxyl groups excluding tert-OH is 1. The lowest BCUT2D eigenvalue weighted by Crippen LogP contribution is -2.24. The molecule has 0 spiro atoms. The summed E-state index contributed by atoms with van der Waals surface area (Å²) in [5.74, 6) is -0.276. The Labute approximate surface area is 241 Å². The molecule has 0 aliphatic rings. The van der Waals surface area contributed by atoms with Crippen molar-refractivity contribution in [3.63, 3.8) is 0 Å². The maximum atomic E-state index is 15.4. The zero-order valence-electron chi connectivity index (χ0n) is 24.1. The number of hydrogen-bond donors (Lipinski definition) is 3. The van der Waals surface area contributed by atoms with E-state index >= 15 is 4.39 Å². The summed E-state index contributed by atoms with van der Waals surface area (Å²) in [6, 6.07) is 14.5. The molecule has 0 atom stereocenters. The molecule has 0 saturated carbocycles. The van der Waals surface area contributed by atoms with Crippen molar-refractivity contribution >= 4 is 27.5 Å². The van der Waals surface area contributed by atoms with Crippen molar-refractivity contribution in [2.24, 2.45) is 0 Å². The molecule has 0 fully saturated rings. The number of fused-ring (bicyclic) bond motifs is 2. The maximum absolute atomic E-state index is 15.4. The zero-order valence-corrected chi connectivity index (χ0v) is 24.1. The monoisotopic (exact) mass is 565 g/mol. The second kappa shape index (κ2) is 9.92. The summed E-state index contributed by atoms with van der Waals surface area (Å²) in [5.41, 5.74) is 10.6. The Bertz CT molecular complexity index is 2050. The minimum Gasteiger partial charge on any atom is -0.392 e. The van der Waals surface area contributed by atoms with Crippen LogP contribution in [0.1, 0.15) is 51.8 Å². The molecule has 0 unspecified atom stereocenters. The Hall–Kier alpha value is -4.83. The molecule has 3 aromatic carbocycles. The quantitative estimate of drug-likeness (QED) is 0.239. The van der Waals surface area contributed by atoms with E-state index in [1.54, 1.807) is 18.2 Å². The second-order valence-corrected chi connectivity index (χ2v) is 11.8. The highest BCUT2D eigenvalue weighted by Gasteiger charge is 2.21. The van der Waals surface area contributed by atoms with E-state index < -0.39 is 11.4 Å². The number of hydrogen-bond acceptors (Lipinski definition) is 6. The first kappa shape index (κ1) is 27.3. The van der Waals surface area contributed by atoms with Crippen LogP contribution in [0.3, 0.4) is 0 Å². The van der Waals surface area contributed by atoms with Crippen LogP contribution < -0.4 is 11.3 Å². The van der Waals surface area contributed by atoms with Gasteiger partial charge >= 0.3 is 0 Å². The fraction of sp³-hybridized carbons (Fsp3) is 0.250. The SMILES string of the molecule is CC(C)n1ccc(-c2cc(-c3cccc(-n4ncc5cc(C(C)(C)C)cc(F)c5c4=O)c3CO)cc3c(N)n[nH]c23)n1. The van der Waals surface area contributed by atoms with Crippen molar-refractivity contribution in [1.82, 2.24) is 29.8 Å². The van der Waals surface area contributed by atoms with Crippen LogP contribution >= 0.6 is 0 Å². The molecule has 0 saturated heterocycles. The van der Waals surface area contributed by atoms with E-state index in [4.69, 9.17) is 10.8 Å². The van der Waals surface area contributed by atoms with Crippen LogP contribution in [0.2, 0.25) is 0 Å². The number of nitrogens with one attached hydrogen (secondary N) is 1. The highest BCUT2D eigenvalue weighted by molar-refractivity contribution is 6.02. The standard InChI is InChI=1S/C32H32FN7O2/c1-17(2)39-10-9-26(38-39)22-12-18(13-23-29(22)36-37-30(23)34)21-7-6-8-27(24(21)16-41)40-31(42)28-19(15-35-40)11-20(14-25(28)33)32(3,4)5/h6-15,17,41H,16H2,1-5H3,(H3,34,36,37). The predicted octanol–water partition coefficient (Wildman–Crippen LogP) is 5.88. The molecule has 0 amide bonds. The Morgan fingerprint density at radius 3 is 2.57 bits per heavy atom. The van der Waals surface area contributed by atoms with E-state index in [1.807, 2.05) is 69.8 Å². The minimum absolute atomic E-state index is 0.0529. The first-order valence-corrected chi connectivity index (χ1v) is 13.8. The summed E-state index contributed by atoms with van der Waals surface area (Å²) in [5, 5.41) is 28.1. The second-order valence-electron chi connectivity index (χ2n) is 11.8. The van der Waals surface area contributed by atoms with Gasteiger partial charge in [0.15, 0.2) is 5.82 Å². The molecule has 6 aromatic rings. The average Bonchev–Trinajstić information content (AvgIpc) is 3.59. The van der Waals surface area contributed by atoms with Crippen molar-refractivity contribution in [3.05, 3.63) is 88.2 Å². The highest BCUT2D eigenvalue weighted by atomic mass is 19.1. The third kappa shape index (κ3) is 4.44. The summed E-state index contributed by atoms with van der Waals surface area (Å²) in [6.07, 6.45) is 3.41. The van der Waals surface area contributed by atoms with Gasteiger partial charge in [-0.1, -0.05) is 32.9 Å². The van der Waals surface area contributed by atoms with E-state index in [0.29, 0.717) is 33.4 Å². The predicted molar refractivity (Wildman–Crippen MR) is 163 cm³/mol. The number of halogens is 1. The third-order valence-corrected chi connectivity index (χ3v) is 7.67. The summed E-state index contributed by atoms with van der Waals surface area (Å²) < 4.78 is 18.4. The molecule has 214 valence electrons. The van der Waals surface area contributed by atoms with Crippen LogP contribution in [0.4, 0.5) is 10.2 Å².